The van der Waals surface area contributed by atoms with E-state index < -0.39 is 0 Å². The van der Waals surface area contributed by atoms with Crippen molar-refractivity contribution in [2.75, 3.05) is 5.32 Å². The first kappa shape index (κ1) is 16.4. The van der Waals surface area contributed by atoms with Gasteiger partial charge < -0.3 is 10.1 Å². The minimum atomic E-state index is -0.271. The second-order valence-corrected chi connectivity index (χ2v) is 5.93. The lowest BCUT2D eigenvalue weighted by Crippen LogP contribution is -2.11. The predicted molar refractivity (Wildman–Crippen MR) is 97.4 cm³/mol. The van der Waals surface area contributed by atoms with E-state index in [0.29, 0.717) is 32.8 Å². The van der Waals surface area contributed by atoms with Crippen LogP contribution in [0.5, 0.6) is 11.5 Å². The Morgan fingerprint density at radius 3 is 2.17 bits per heavy atom. The van der Waals surface area contributed by atoms with Crippen LogP contribution in [0.3, 0.4) is 0 Å². The molecule has 0 aliphatic rings. The van der Waals surface area contributed by atoms with Crippen molar-refractivity contribution >= 4 is 34.8 Å². The predicted octanol–water partition coefficient (Wildman–Crippen LogP) is 6.04. The Bertz CT molecular complexity index is 846. The van der Waals surface area contributed by atoms with Gasteiger partial charge in [-0.25, -0.2) is 0 Å². The third-order valence-electron chi connectivity index (χ3n) is 3.20. The molecule has 0 fully saturated rings. The Labute approximate surface area is 149 Å². The summed E-state index contributed by atoms with van der Waals surface area (Å²) in [5.41, 5.74) is 1.01. The maximum atomic E-state index is 12.4. The normalized spacial score (nSPS) is 10.2. The van der Waals surface area contributed by atoms with E-state index in [4.69, 9.17) is 27.9 Å². The zero-order valence-corrected chi connectivity index (χ0v) is 14.0. The molecule has 0 saturated heterocycles. The third-order valence-corrected chi connectivity index (χ3v) is 3.63. The van der Waals surface area contributed by atoms with Gasteiger partial charge in [0, 0.05) is 21.3 Å². The van der Waals surface area contributed by atoms with Crippen LogP contribution >= 0.6 is 23.2 Å². The van der Waals surface area contributed by atoms with Gasteiger partial charge in [0.05, 0.1) is 0 Å². The third kappa shape index (κ3) is 4.28. The molecule has 0 aliphatic heterocycles. The maximum Gasteiger partial charge on any atom is 0.255 e. The molecule has 0 saturated carbocycles. The minimum Gasteiger partial charge on any atom is -0.457 e. The van der Waals surface area contributed by atoms with E-state index >= 15 is 0 Å². The summed E-state index contributed by atoms with van der Waals surface area (Å²) in [6.45, 7) is 0. The van der Waals surface area contributed by atoms with Crippen molar-refractivity contribution in [2.24, 2.45) is 0 Å². The Morgan fingerprint density at radius 1 is 0.792 bits per heavy atom. The summed E-state index contributed by atoms with van der Waals surface area (Å²) >= 11 is 11.9. The van der Waals surface area contributed by atoms with Gasteiger partial charge in [-0.15, -0.1) is 0 Å². The van der Waals surface area contributed by atoms with E-state index in [2.05, 4.69) is 5.32 Å². The standard InChI is InChI=1S/C19H13Cl2NO2/c20-14-10-15(21)12-16(11-14)22-19(23)13-5-4-8-18(9-13)24-17-6-2-1-3-7-17/h1-12H,(H,22,23). The van der Waals surface area contributed by atoms with Gasteiger partial charge in [0.25, 0.3) is 5.91 Å². The Balaban J connectivity index is 1.76. The van der Waals surface area contributed by atoms with Crippen LogP contribution in [-0.2, 0) is 0 Å². The van der Waals surface area contributed by atoms with E-state index in [1.165, 1.54) is 0 Å². The first-order chi connectivity index (χ1) is 11.6. The summed E-state index contributed by atoms with van der Waals surface area (Å²) in [6.07, 6.45) is 0. The van der Waals surface area contributed by atoms with E-state index in [1.54, 1.807) is 42.5 Å². The Hall–Kier alpha value is -2.49. The van der Waals surface area contributed by atoms with Gasteiger partial charge in [-0.2, -0.15) is 0 Å². The number of nitrogens with one attached hydrogen (secondary N) is 1. The largest absolute Gasteiger partial charge is 0.457 e. The molecule has 1 N–H and O–H groups in total. The number of halogens is 2. The number of carbonyl (C=O) groups is 1. The minimum absolute atomic E-state index is 0.271. The summed E-state index contributed by atoms with van der Waals surface area (Å²) < 4.78 is 5.74. The number of hydrogen-bond acceptors (Lipinski definition) is 2. The maximum absolute atomic E-state index is 12.4. The average Bonchev–Trinajstić information content (AvgIpc) is 2.55. The zero-order chi connectivity index (χ0) is 16.9. The van der Waals surface area contributed by atoms with Crippen LogP contribution in [0.2, 0.25) is 10.0 Å². The molecule has 0 unspecified atom stereocenters. The molecule has 0 aliphatic carbocycles. The van der Waals surface area contributed by atoms with Crippen molar-refractivity contribution in [1.82, 2.24) is 0 Å². The van der Waals surface area contributed by atoms with Crippen LogP contribution in [0.4, 0.5) is 5.69 Å². The molecule has 0 heterocycles. The van der Waals surface area contributed by atoms with Crippen LogP contribution in [-0.4, -0.2) is 5.91 Å². The number of amides is 1. The van der Waals surface area contributed by atoms with Gasteiger partial charge in [-0.3, -0.25) is 4.79 Å². The molecule has 0 bridgehead atoms. The molecule has 0 atom stereocenters. The summed E-state index contributed by atoms with van der Waals surface area (Å²) in [5.74, 6) is 1.02. The SMILES string of the molecule is O=C(Nc1cc(Cl)cc(Cl)c1)c1cccc(Oc2ccccc2)c1. The summed E-state index contributed by atoms with van der Waals surface area (Å²) in [5, 5.41) is 3.68. The second-order valence-electron chi connectivity index (χ2n) is 5.06. The number of carbonyl (C=O) groups excluding carboxylic acids is 1. The highest BCUT2D eigenvalue weighted by Crippen LogP contribution is 2.24. The highest BCUT2D eigenvalue weighted by atomic mass is 35.5. The molecule has 3 aromatic rings. The molecular formula is C19H13Cl2NO2. The molecule has 120 valence electrons. The van der Waals surface area contributed by atoms with E-state index in [9.17, 15) is 4.79 Å². The molecule has 3 aromatic carbocycles. The molecule has 3 nitrogen and oxygen atoms in total. The van der Waals surface area contributed by atoms with Crippen LogP contribution in [0, 0.1) is 0 Å². The van der Waals surface area contributed by atoms with Gasteiger partial charge in [0.2, 0.25) is 0 Å². The summed E-state index contributed by atoms with van der Waals surface area (Å²) in [4.78, 5) is 12.4. The van der Waals surface area contributed by atoms with Crippen molar-refractivity contribution in [3.05, 3.63) is 88.4 Å². The Kier molecular flexibility index (Phi) is 5.04. The molecular weight excluding hydrogens is 345 g/mol. The quantitative estimate of drug-likeness (QED) is 0.618. The van der Waals surface area contributed by atoms with Gasteiger partial charge in [-0.05, 0) is 48.5 Å². The first-order valence-electron chi connectivity index (χ1n) is 7.20. The Morgan fingerprint density at radius 2 is 1.46 bits per heavy atom. The van der Waals surface area contributed by atoms with E-state index in [0.717, 1.165) is 0 Å². The zero-order valence-electron chi connectivity index (χ0n) is 12.5. The van der Waals surface area contributed by atoms with Gasteiger partial charge in [-0.1, -0.05) is 47.5 Å². The number of anilines is 1. The number of rotatable bonds is 4. The van der Waals surface area contributed by atoms with E-state index in [1.807, 2.05) is 30.3 Å². The monoisotopic (exact) mass is 357 g/mol. The number of ether oxygens (including phenoxy) is 1. The summed E-state index contributed by atoms with van der Waals surface area (Å²) in [6, 6.07) is 21.2. The first-order valence-corrected chi connectivity index (χ1v) is 7.96. The molecule has 1 amide bonds. The van der Waals surface area contributed by atoms with Crippen LogP contribution < -0.4 is 10.1 Å². The topological polar surface area (TPSA) is 38.3 Å². The molecule has 0 aromatic heterocycles. The van der Waals surface area contributed by atoms with E-state index in [-0.39, 0.29) is 5.91 Å². The molecule has 3 rings (SSSR count). The molecule has 0 radical (unpaired) electrons. The lowest BCUT2D eigenvalue weighted by atomic mass is 10.2. The fourth-order valence-electron chi connectivity index (χ4n) is 2.15. The van der Waals surface area contributed by atoms with Crippen molar-refractivity contribution in [2.45, 2.75) is 0 Å². The van der Waals surface area contributed by atoms with Crippen LogP contribution in [0.1, 0.15) is 10.4 Å². The van der Waals surface area contributed by atoms with Crippen LogP contribution in [0.15, 0.2) is 72.8 Å². The van der Waals surface area contributed by atoms with Crippen LogP contribution in [0.25, 0.3) is 0 Å². The molecule has 0 spiro atoms. The van der Waals surface area contributed by atoms with Crippen molar-refractivity contribution < 1.29 is 9.53 Å². The molecule has 24 heavy (non-hydrogen) atoms. The second kappa shape index (κ2) is 7.39. The number of para-hydroxylation sites is 1. The fourth-order valence-corrected chi connectivity index (χ4v) is 2.68. The van der Waals surface area contributed by atoms with Crippen molar-refractivity contribution in [3.8, 4) is 11.5 Å². The van der Waals surface area contributed by atoms with Gasteiger partial charge in [0.1, 0.15) is 11.5 Å². The lowest BCUT2D eigenvalue weighted by Gasteiger charge is -2.09. The fraction of sp³-hybridized carbons (Fsp3) is 0. The van der Waals surface area contributed by atoms with Gasteiger partial charge >= 0.3 is 0 Å². The highest BCUT2D eigenvalue weighted by molar-refractivity contribution is 6.35. The average molecular weight is 358 g/mol. The lowest BCUT2D eigenvalue weighted by molar-refractivity contribution is 0.102. The summed E-state index contributed by atoms with van der Waals surface area (Å²) in [7, 11) is 0. The van der Waals surface area contributed by atoms with Gasteiger partial charge in [0.15, 0.2) is 0 Å². The van der Waals surface area contributed by atoms with Crippen molar-refractivity contribution in [1.29, 1.82) is 0 Å². The molecule has 5 heteroatoms. The smallest absolute Gasteiger partial charge is 0.255 e. The highest BCUT2D eigenvalue weighted by Gasteiger charge is 2.09. The van der Waals surface area contributed by atoms with Crippen molar-refractivity contribution in [3.63, 3.8) is 0 Å². The number of hydrogen-bond donors (Lipinski definition) is 1. The number of benzene rings is 3.